The average Bonchev–Trinajstić information content (AvgIpc) is 2.87. The van der Waals surface area contributed by atoms with Gasteiger partial charge in [-0.15, -0.1) is 0 Å². The molecule has 0 spiro atoms. The minimum Gasteiger partial charge on any atom is -0.490 e. The Hall–Kier alpha value is -4.59. The third kappa shape index (κ3) is 6.03. The molecule has 0 atom stereocenters. The smallest absolute Gasteiger partial charge is 0.335 e. The molecule has 1 aliphatic heterocycles. The third-order valence-electron chi connectivity index (χ3n) is 6.03. The lowest BCUT2D eigenvalue weighted by molar-refractivity contribution is -0.122. The number of urea groups is 1. The number of hydrogen-bond acceptors (Lipinski definition) is 6. The fourth-order valence-corrected chi connectivity index (χ4v) is 3.94. The molecule has 0 bridgehead atoms. The van der Waals surface area contributed by atoms with Crippen LogP contribution in [-0.2, 0) is 9.59 Å². The van der Waals surface area contributed by atoms with E-state index in [0.717, 1.165) is 21.8 Å². The molecule has 8 heteroatoms. The largest absolute Gasteiger partial charge is 0.490 e. The summed E-state index contributed by atoms with van der Waals surface area (Å²) in [4.78, 5) is 39.1. The Morgan fingerprint density at radius 3 is 2.34 bits per heavy atom. The van der Waals surface area contributed by atoms with Gasteiger partial charge in [-0.05, 0) is 92.4 Å². The van der Waals surface area contributed by atoms with Crippen LogP contribution in [-0.4, -0.2) is 37.7 Å². The van der Waals surface area contributed by atoms with Crippen molar-refractivity contribution in [2.24, 2.45) is 0 Å². The number of hydrogen-bond donors (Lipinski definition) is 1. The summed E-state index contributed by atoms with van der Waals surface area (Å²) < 4.78 is 17.4. The number of anilines is 1. The van der Waals surface area contributed by atoms with E-state index < -0.39 is 17.8 Å². The van der Waals surface area contributed by atoms with Gasteiger partial charge in [0.05, 0.1) is 12.3 Å². The van der Waals surface area contributed by atoms with E-state index in [2.05, 4.69) is 5.32 Å². The lowest BCUT2D eigenvalue weighted by atomic mass is 10.1. The van der Waals surface area contributed by atoms with E-state index >= 15 is 0 Å². The minimum absolute atomic E-state index is 0.163. The molecule has 1 N–H and O–H groups in total. The summed E-state index contributed by atoms with van der Waals surface area (Å²) in [7, 11) is 0. The molecule has 0 aliphatic carbocycles. The topological polar surface area (TPSA) is 94.2 Å². The van der Waals surface area contributed by atoms with Crippen LogP contribution in [0.2, 0.25) is 0 Å². The SMILES string of the molecule is CCOc1cc(C=C2C(=O)NC(=O)N(c3cccc(C)c3)C2=O)ccc1OCCOc1ccc(C)c(C)c1. The molecule has 0 radical (unpaired) electrons. The van der Waals surface area contributed by atoms with Crippen LogP contribution in [0, 0.1) is 20.8 Å². The fraction of sp³-hybridized carbons (Fsp3) is 0.233. The van der Waals surface area contributed by atoms with Crippen LogP contribution in [0.3, 0.4) is 0 Å². The van der Waals surface area contributed by atoms with Gasteiger partial charge in [0.15, 0.2) is 11.5 Å². The average molecular weight is 515 g/mol. The van der Waals surface area contributed by atoms with Crippen molar-refractivity contribution in [3.8, 4) is 17.2 Å². The molecule has 1 fully saturated rings. The first kappa shape index (κ1) is 26.5. The van der Waals surface area contributed by atoms with Gasteiger partial charge in [0.2, 0.25) is 0 Å². The summed E-state index contributed by atoms with van der Waals surface area (Å²) in [5, 5.41) is 2.24. The van der Waals surface area contributed by atoms with Gasteiger partial charge in [-0.25, -0.2) is 9.69 Å². The molecule has 0 saturated carbocycles. The molecular formula is C30H30N2O6. The third-order valence-corrected chi connectivity index (χ3v) is 6.03. The Morgan fingerprint density at radius 1 is 0.816 bits per heavy atom. The van der Waals surface area contributed by atoms with Gasteiger partial charge < -0.3 is 14.2 Å². The minimum atomic E-state index is -0.787. The highest BCUT2D eigenvalue weighted by atomic mass is 16.5. The van der Waals surface area contributed by atoms with Crippen molar-refractivity contribution in [3.63, 3.8) is 0 Å². The molecule has 3 aromatic rings. The molecule has 0 aromatic heterocycles. The Bertz CT molecular complexity index is 1410. The van der Waals surface area contributed by atoms with Gasteiger partial charge >= 0.3 is 6.03 Å². The van der Waals surface area contributed by atoms with Gasteiger partial charge in [-0.1, -0.05) is 24.3 Å². The number of nitrogens with one attached hydrogen (secondary N) is 1. The molecule has 8 nitrogen and oxygen atoms in total. The van der Waals surface area contributed by atoms with Crippen molar-refractivity contribution in [1.29, 1.82) is 0 Å². The molecule has 0 unspecified atom stereocenters. The van der Waals surface area contributed by atoms with Gasteiger partial charge in [0.1, 0.15) is 24.5 Å². The summed E-state index contributed by atoms with van der Waals surface area (Å²) >= 11 is 0. The number of aryl methyl sites for hydroxylation is 3. The normalized spacial score (nSPS) is 14.5. The highest BCUT2D eigenvalue weighted by Gasteiger charge is 2.36. The summed E-state index contributed by atoms with van der Waals surface area (Å²) in [6, 6.07) is 17.2. The molecule has 3 aromatic carbocycles. The van der Waals surface area contributed by atoms with Crippen molar-refractivity contribution in [2.75, 3.05) is 24.7 Å². The number of benzene rings is 3. The Balaban J connectivity index is 1.50. The first-order valence-electron chi connectivity index (χ1n) is 12.3. The van der Waals surface area contributed by atoms with Crippen molar-refractivity contribution in [3.05, 3.63) is 88.5 Å². The maximum atomic E-state index is 13.2. The van der Waals surface area contributed by atoms with Crippen LogP contribution in [0.4, 0.5) is 10.5 Å². The first-order valence-corrected chi connectivity index (χ1v) is 12.3. The van der Waals surface area contributed by atoms with Crippen LogP contribution >= 0.6 is 0 Å². The van der Waals surface area contributed by atoms with E-state index in [1.165, 1.54) is 11.6 Å². The highest BCUT2D eigenvalue weighted by molar-refractivity contribution is 6.39. The molecule has 4 rings (SSSR count). The van der Waals surface area contributed by atoms with E-state index in [1.54, 1.807) is 36.4 Å². The fourth-order valence-electron chi connectivity index (χ4n) is 3.94. The molecule has 4 amide bonds. The van der Waals surface area contributed by atoms with Crippen molar-refractivity contribution < 1.29 is 28.6 Å². The zero-order valence-electron chi connectivity index (χ0n) is 21.9. The maximum absolute atomic E-state index is 13.2. The summed E-state index contributed by atoms with van der Waals surface area (Å²) in [5.74, 6) is 0.283. The zero-order valence-corrected chi connectivity index (χ0v) is 21.9. The van der Waals surface area contributed by atoms with Crippen molar-refractivity contribution in [2.45, 2.75) is 27.7 Å². The number of rotatable bonds is 9. The Morgan fingerprint density at radius 2 is 1.61 bits per heavy atom. The van der Waals surface area contributed by atoms with E-state index in [0.29, 0.717) is 42.6 Å². The van der Waals surface area contributed by atoms with Gasteiger partial charge in [0.25, 0.3) is 11.8 Å². The molecular weight excluding hydrogens is 484 g/mol. The molecule has 1 aliphatic rings. The van der Waals surface area contributed by atoms with E-state index in [1.807, 2.05) is 52.0 Å². The summed E-state index contributed by atoms with van der Waals surface area (Å²) in [6.07, 6.45) is 1.43. The number of imide groups is 2. The summed E-state index contributed by atoms with van der Waals surface area (Å²) in [5.41, 5.74) is 4.00. The van der Waals surface area contributed by atoms with E-state index in [4.69, 9.17) is 14.2 Å². The first-order chi connectivity index (χ1) is 18.3. The molecule has 38 heavy (non-hydrogen) atoms. The highest BCUT2D eigenvalue weighted by Crippen LogP contribution is 2.30. The lowest BCUT2D eigenvalue weighted by Gasteiger charge is -2.26. The number of carbonyl (C=O) groups excluding carboxylic acids is 3. The Labute approximate surface area is 221 Å². The second-order valence-corrected chi connectivity index (χ2v) is 8.88. The predicted octanol–water partition coefficient (Wildman–Crippen LogP) is 5.13. The summed E-state index contributed by atoms with van der Waals surface area (Å²) in [6.45, 7) is 8.82. The number of ether oxygens (including phenoxy) is 3. The second-order valence-electron chi connectivity index (χ2n) is 8.88. The number of carbonyl (C=O) groups is 3. The number of amides is 4. The van der Waals surface area contributed by atoms with Gasteiger partial charge in [-0.3, -0.25) is 14.9 Å². The van der Waals surface area contributed by atoms with Crippen LogP contribution in [0.15, 0.2) is 66.2 Å². The van der Waals surface area contributed by atoms with Gasteiger partial charge in [0, 0.05) is 0 Å². The predicted molar refractivity (Wildman–Crippen MR) is 145 cm³/mol. The second kappa shape index (κ2) is 11.6. The monoisotopic (exact) mass is 514 g/mol. The Kier molecular flexibility index (Phi) is 8.11. The molecule has 1 saturated heterocycles. The van der Waals surface area contributed by atoms with E-state index in [9.17, 15) is 14.4 Å². The van der Waals surface area contributed by atoms with Crippen LogP contribution in [0.5, 0.6) is 17.2 Å². The van der Waals surface area contributed by atoms with Crippen molar-refractivity contribution >= 4 is 29.6 Å². The number of barbiturate groups is 1. The van der Waals surface area contributed by atoms with Crippen molar-refractivity contribution in [1.82, 2.24) is 5.32 Å². The molecule has 1 heterocycles. The van der Waals surface area contributed by atoms with Gasteiger partial charge in [-0.2, -0.15) is 0 Å². The molecule has 196 valence electrons. The standard InChI is InChI=1S/C30H30N2O6/c1-5-36-27-18-22(10-12-26(27)38-14-13-37-24-11-9-20(3)21(4)16-24)17-25-28(33)31-30(35)32(29(25)34)23-8-6-7-19(2)15-23/h6-12,15-18H,5,13-14H2,1-4H3,(H,31,33,35). The quantitative estimate of drug-likeness (QED) is 0.242. The zero-order chi connectivity index (χ0) is 27.2. The van der Waals surface area contributed by atoms with E-state index in [-0.39, 0.29) is 5.57 Å². The van der Waals surface area contributed by atoms with Crippen LogP contribution < -0.4 is 24.4 Å². The maximum Gasteiger partial charge on any atom is 0.335 e. The number of nitrogens with zero attached hydrogens (tertiary/aromatic N) is 1. The lowest BCUT2D eigenvalue weighted by Crippen LogP contribution is -2.54. The van der Waals surface area contributed by atoms with Crippen LogP contribution in [0.1, 0.15) is 29.2 Å². The van der Waals surface area contributed by atoms with Crippen LogP contribution in [0.25, 0.3) is 6.08 Å².